The zero-order valence-electron chi connectivity index (χ0n) is 18.6. The number of hydrogen-bond donors (Lipinski definition) is 0. The topological polar surface area (TPSA) is 75.6 Å². The van der Waals surface area contributed by atoms with Crippen LogP contribution in [0, 0.1) is 30.6 Å². The van der Waals surface area contributed by atoms with Crippen LogP contribution in [0.2, 0.25) is 0 Å². The lowest BCUT2D eigenvalue weighted by Gasteiger charge is -2.58. The fourth-order valence-electron chi connectivity index (χ4n) is 6.10. The maximum Gasteiger partial charge on any atom is 0.295 e. The van der Waals surface area contributed by atoms with Crippen LogP contribution in [0.4, 0.5) is 0 Å². The largest absolute Gasteiger partial charge is 0.448 e. The maximum atomic E-state index is 11.2. The highest BCUT2D eigenvalue weighted by Gasteiger charge is 2.69. The number of hydrogen-bond acceptors (Lipinski definition) is 7. The lowest BCUT2D eigenvalue weighted by atomic mass is 9.58. The van der Waals surface area contributed by atoms with E-state index in [2.05, 4.69) is 13.8 Å². The minimum atomic E-state index is -0.835. The molecule has 31 heavy (non-hydrogen) atoms. The molecule has 1 aliphatic carbocycles. The summed E-state index contributed by atoms with van der Waals surface area (Å²) in [5.74, 6) is 0.620. The second-order valence-corrected chi connectivity index (χ2v) is 9.78. The molecule has 7 heteroatoms. The van der Waals surface area contributed by atoms with Crippen LogP contribution in [0.3, 0.4) is 0 Å². The van der Waals surface area contributed by atoms with Gasteiger partial charge in [-0.2, -0.15) is 0 Å². The van der Waals surface area contributed by atoms with Gasteiger partial charge in [-0.1, -0.05) is 43.7 Å². The number of rotatable bonds is 4. The van der Waals surface area contributed by atoms with Gasteiger partial charge in [-0.15, -0.1) is 0 Å². The van der Waals surface area contributed by atoms with Crippen LogP contribution < -0.4 is 0 Å². The zero-order valence-corrected chi connectivity index (χ0v) is 18.6. The molecule has 168 valence electrons. The molecule has 1 aromatic carbocycles. The summed E-state index contributed by atoms with van der Waals surface area (Å²) >= 11 is 0. The standard InChI is InChI=1S/C24H31NO6/c1-14-6-5-7-17(12-14)21(27-13-26)25-20-16(3)19-9-8-15(2)18-10-11-23(4)29-22(28-20)24(18,19)31-30-23/h5-7,12-13,15-16,18-19,21-22H,8-11H2,1-4H3/t15-,16-,18?,19?,21?,22-,23+,24?/m0/s1. The highest BCUT2D eigenvalue weighted by Crippen LogP contribution is 2.60. The van der Waals surface area contributed by atoms with Crippen molar-refractivity contribution in [1.82, 2.24) is 0 Å². The average Bonchev–Trinajstić information content (AvgIpc) is 2.97. The highest BCUT2D eigenvalue weighted by atomic mass is 17.3. The van der Waals surface area contributed by atoms with Crippen molar-refractivity contribution in [3.63, 3.8) is 0 Å². The van der Waals surface area contributed by atoms with Gasteiger partial charge >= 0.3 is 0 Å². The van der Waals surface area contributed by atoms with Gasteiger partial charge in [-0.25, -0.2) is 14.8 Å². The van der Waals surface area contributed by atoms with Crippen molar-refractivity contribution in [2.45, 2.75) is 77.3 Å². The molecule has 2 bridgehead atoms. The molecule has 4 saturated heterocycles. The van der Waals surface area contributed by atoms with Crippen molar-refractivity contribution in [2.24, 2.45) is 28.7 Å². The van der Waals surface area contributed by atoms with E-state index in [4.69, 9.17) is 29.0 Å². The minimum absolute atomic E-state index is 0.0246. The molecule has 1 aromatic rings. The van der Waals surface area contributed by atoms with Gasteiger partial charge in [0, 0.05) is 29.7 Å². The highest BCUT2D eigenvalue weighted by molar-refractivity contribution is 5.80. The predicted molar refractivity (Wildman–Crippen MR) is 112 cm³/mol. The van der Waals surface area contributed by atoms with E-state index in [1.807, 2.05) is 38.1 Å². The van der Waals surface area contributed by atoms with E-state index in [0.29, 0.717) is 24.2 Å². The molecule has 4 heterocycles. The van der Waals surface area contributed by atoms with Crippen LogP contribution in [0.25, 0.3) is 0 Å². The third-order valence-corrected chi connectivity index (χ3v) is 7.75. The summed E-state index contributed by atoms with van der Waals surface area (Å²) in [6.07, 6.45) is 2.47. The Kier molecular flexibility index (Phi) is 5.11. The normalized spacial score (nSPS) is 43.5. The Labute approximate surface area is 183 Å². The van der Waals surface area contributed by atoms with Crippen molar-refractivity contribution in [3.05, 3.63) is 35.4 Å². The molecule has 5 fully saturated rings. The summed E-state index contributed by atoms with van der Waals surface area (Å²) in [6.45, 7) is 8.73. The number of nitrogens with zero attached hydrogens (tertiary/aromatic N) is 1. The quantitative estimate of drug-likeness (QED) is 0.520. The third-order valence-electron chi connectivity index (χ3n) is 7.75. The van der Waals surface area contributed by atoms with Crippen molar-refractivity contribution < 1.29 is 28.8 Å². The first-order chi connectivity index (χ1) is 14.9. The predicted octanol–water partition coefficient (Wildman–Crippen LogP) is 4.45. The van der Waals surface area contributed by atoms with Crippen LogP contribution in [0.5, 0.6) is 0 Å². The molecular weight excluding hydrogens is 398 g/mol. The molecule has 5 aliphatic rings. The number of benzene rings is 1. The molecule has 0 amide bonds. The summed E-state index contributed by atoms with van der Waals surface area (Å²) in [5, 5.41) is 0. The van der Waals surface area contributed by atoms with Crippen LogP contribution in [0.1, 0.15) is 63.8 Å². The Bertz CT molecular complexity index is 889. The van der Waals surface area contributed by atoms with E-state index in [1.54, 1.807) is 0 Å². The van der Waals surface area contributed by atoms with Crippen LogP contribution >= 0.6 is 0 Å². The fraction of sp³-hybridized carbons (Fsp3) is 0.667. The second-order valence-electron chi connectivity index (χ2n) is 9.78. The molecule has 1 spiro atoms. The lowest BCUT2D eigenvalue weighted by molar-refractivity contribution is -0.557. The average molecular weight is 430 g/mol. The molecule has 7 nitrogen and oxygen atoms in total. The van der Waals surface area contributed by atoms with Crippen LogP contribution in [-0.4, -0.2) is 30.0 Å². The Morgan fingerprint density at radius 2 is 2.03 bits per heavy atom. The van der Waals surface area contributed by atoms with Gasteiger partial charge < -0.3 is 14.2 Å². The van der Waals surface area contributed by atoms with E-state index in [1.165, 1.54) is 0 Å². The molecule has 4 aliphatic heterocycles. The first kappa shape index (κ1) is 20.9. The first-order valence-electron chi connectivity index (χ1n) is 11.3. The summed E-state index contributed by atoms with van der Waals surface area (Å²) < 4.78 is 18.1. The zero-order chi connectivity index (χ0) is 21.8. The maximum absolute atomic E-state index is 11.2. The van der Waals surface area contributed by atoms with E-state index >= 15 is 0 Å². The van der Waals surface area contributed by atoms with Gasteiger partial charge in [0.25, 0.3) is 6.47 Å². The summed E-state index contributed by atoms with van der Waals surface area (Å²) in [4.78, 5) is 28.0. The number of aliphatic imine (C=N–C) groups is 1. The SMILES string of the molecule is Cc1cccc(C(N=C2O[C@H]3O[C@@]4(C)CCC5[C@@H](C)CCC([C@@H]2C)C53OO4)OC=O)c1. The number of aryl methyl sites for hydroxylation is 1. The van der Waals surface area contributed by atoms with Gasteiger partial charge in [0.2, 0.25) is 18.3 Å². The first-order valence-corrected chi connectivity index (χ1v) is 11.3. The van der Waals surface area contributed by atoms with E-state index < -0.39 is 23.9 Å². The Balaban J connectivity index is 1.54. The molecule has 0 N–H and O–H groups in total. The van der Waals surface area contributed by atoms with E-state index in [9.17, 15) is 4.79 Å². The lowest BCUT2D eigenvalue weighted by Crippen LogP contribution is -2.69. The van der Waals surface area contributed by atoms with Gasteiger partial charge in [0.15, 0.2) is 11.5 Å². The van der Waals surface area contributed by atoms with Crippen molar-refractivity contribution in [1.29, 1.82) is 0 Å². The Hall–Kier alpha value is -1.96. The van der Waals surface area contributed by atoms with Gasteiger partial charge in [0.1, 0.15) is 0 Å². The summed E-state index contributed by atoms with van der Waals surface area (Å²) in [6, 6.07) is 7.79. The van der Waals surface area contributed by atoms with E-state index in [0.717, 1.165) is 36.8 Å². The molecule has 0 aromatic heterocycles. The van der Waals surface area contributed by atoms with Gasteiger partial charge in [-0.3, -0.25) is 4.79 Å². The smallest absolute Gasteiger partial charge is 0.295 e. The third kappa shape index (κ3) is 3.29. The molecule has 4 unspecified atom stereocenters. The van der Waals surface area contributed by atoms with Gasteiger partial charge in [0.05, 0.1) is 0 Å². The van der Waals surface area contributed by atoms with Crippen LogP contribution in [0.15, 0.2) is 29.3 Å². The second kappa shape index (κ2) is 7.57. The van der Waals surface area contributed by atoms with E-state index in [-0.39, 0.29) is 11.8 Å². The summed E-state index contributed by atoms with van der Waals surface area (Å²) in [5.41, 5.74) is 1.23. The van der Waals surface area contributed by atoms with Gasteiger partial charge in [-0.05, 0) is 39.0 Å². The number of fused-ring (bicyclic) bond motifs is 2. The van der Waals surface area contributed by atoms with Crippen molar-refractivity contribution in [3.8, 4) is 0 Å². The number of carbonyl (C=O) groups excluding carboxylic acids is 1. The monoisotopic (exact) mass is 429 g/mol. The minimum Gasteiger partial charge on any atom is -0.448 e. The van der Waals surface area contributed by atoms with Crippen molar-refractivity contribution >= 4 is 12.4 Å². The Morgan fingerprint density at radius 1 is 1.19 bits per heavy atom. The summed E-state index contributed by atoms with van der Waals surface area (Å²) in [7, 11) is 0. The Morgan fingerprint density at radius 3 is 2.81 bits per heavy atom. The van der Waals surface area contributed by atoms with Crippen LogP contribution in [-0.2, 0) is 28.8 Å². The number of carbonyl (C=O) groups is 1. The molecular formula is C24H31NO6. The molecule has 8 atom stereocenters. The molecule has 1 saturated carbocycles. The van der Waals surface area contributed by atoms with Crippen molar-refractivity contribution in [2.75, 3.05) is 0 Å². The fourth-order valence-corrected chi connectivity index (χ4v) is 6.10. The molecule has 6 rings (SSSR count). The number of ether oxygens (including phenoxy) is 3. The molecule has 0 radical (unpaired) electrons.